The minimum Gasteiger partial charge on any atom is -0.485 e. The van der Waals surface area contributed by atoms with Crippen LogP contribution in [-0.2, 0) is 9.53 Å². The molecule has 1 N–H and O–H groups in total. The van der Waals surface area contributed by atoms with Crippen molar-refractivity contribution in [2.75, 3.05) is 13.7 Å². The standard InChI is InChI=1S/C18H16N2O5/c1-23-18(22)13-8-6-12(7-9-13)10-19-20-17(21)16-11-24-14-4-2-3-5-15(14)25-16/h2-10,16H,11H2,1H3,(H,20,21)/b19-10-/t16-/m0/s1. The van der Waals surface area contributed by atoms with E-state index in [4.69, 9.17) is 9.47 Å². The number of carbonyl (C=O) groups is 2. The first kappa shape index (κ1) is 16.5. The number of carbonyl (C=O) groups excluding carboxylic acids is 2. The minimum absolute atomic E-state index is 0.117. The molecule has 128 valence electrons. The number of hydrogen-bond donors (Lipinski definition) is 1. The Balaban J connectivity index is 1.55. The topological polar surface area (TPSA) is 86.2 Å². The lowest BCUT2D eigenvalue weighted by molar-refractivity contribution is -0.130. The molecule has 3 rings (SSSR count). The third kappa shape index (κ3) is 3.95. The lowest BCUT2D eigenvalue weighted by atomic mass is 10.1. The summed E-state index contributed by atoms with van der Waals surface area (Å²) in [6, 6.07) is 13.8. The first-order valence-corrected chi connectivity index (χ1v) is 7.57. The highest BCUT2D eigenvalue weighted by Crippen LogP contribution is 2.30. The van der Waals surface area contributed by atoms with E-state index in [9.17, 15) is 9.59 Å². The Kier molecular flexibility index (Phi) is 4.94. The number of esters is 1. The molecule has 2 aromatic rings. The van der Waals surface area contributed by atoms with Crippen molar-refractivity contribution < 1.29 is 23.8 Å². The lowest BCUT2D eigenvalue weighted by Gasteiger charge is -2.24. The van der Waals surface area contributed by atoms with Crippen LogP contribution in [0.1, 0.15) is 15.9 Å². The van der Waals surface area contributed by atoms with E-state index in [1.165, 1.54) is 13.3 Å². The molecule has 0 aromatic heterocycles. The number of amides is 1. The van der Waals surface area contributed by atoms with Gasteiger partial charge in [0.15, 0.2) is 11.5 Å². The fourth-order valence-corrected chi connectivity index (χ4v) is 2.21. The van der Waals surface area contributed by atoms with Crippen LogP contribution in [0.3, 0.4) is 0 Å². The molecule has 0 radical (unpaired) electrons. The van der Waals surface area contributed by atoms with E-state index < -0.39 is 18.0 Å². The van der Waals surface area contributed by atoms with E-state index >= 15 is 0 Å². The van der Waals surface area contributed by atoms with E-state index in [0.29, 0.717) is 17.1 Å². The van der Waals surface area contributed by atoms with Gasteiger partial charge in [-0.3, -0.25) is 4.79 Å². The Hall–Kier alpha value is -3.35. The molecule has 7 heteroatoms. The third-order valence-electron chi connectivity index (χ3n) is 3.52. The first-order valence-electron chi connectivity index (χ1n) is 7.57. The normalized spacial score (nSPS) is 15.6. The second-order valence-corrected chi connectivity index (χ2v) is 5.21. The molecule has 25 heavy (non-hydrogen) atoms. The van der Waals surface area contributed by atoms with Crippen LogP contribution in [0.25, 0.3) is 0 Å². The second-order valence-electron chi connectivity index (χ2n) is 5.21. The van der Waals surface area contributed by atoms with Crippen molar-refractivity contribution in [2.24, 2.45) is 5.10 Å². The minimum atomic E-state index is -0.770. The molecule has 1 atom stereocenters. The molecule has 1 amide bonds. The summed E-state index contributed by atoms with van der Waals surface area (Å²) in [5.41, 5.74) is 3.58. The molecular weight excluding hydrogens is 324 g/mol. The van der Waals surface area contributed by atoms with Gasteiger partial charge in [0.25, 0.3) is 5.91 Å². The molecule has 1 aliphatic heterocycles. The molecule has 0 unspecified atom stereocenters. The van der Waals surface area contributed by atoms with Crippen molar-refractivity contribution in [1.29, 1.82) is 0 Å². The largest absolute Gasteiger partial charge is 0.485 e. The van der Waals surface area contributed by atoms with E-state index in [1.807, 2.05) is 6.07 Å². The SMILES string of the molecule is COC(=O)c1ccc(/C=N\NC(=O)[C@@H]2COc3ccccc3O2)cc1. The Morgan fingerprint density at radius 3 is 2.60 bits per heavy atom. The zero-order valence-electron chi connectivity index (χ0n) is 13.5. The zero-order chi connectivity index (χ0) is 17.6. The van der Waals surface area contributed by atoms with Gasteiger partial charge in [0.2, 0.25) is 6.10 Å². The zero-order valence-corrected chi connectivity index (χ0v) is 13.5. The fourth-order valence-electron chi connectivity index (χ4n) is 2.21. The van der Waals surface area contributed by atoms with Gasteiger partial charge >= 0.3 is 5.97 Å². The summed E-state index contributed by atoms with van der Waals surface area (Å²) >= 11 is 0. The van der Waals surface area contributed by atoms with Crippen molar-refractivity contribution in [3.05, 3.63) is 59.7 Å². The summed E-state index contributed by atoms with van der Waals surface area (Å²) in [7, 11) is 1.32. The van der Waals surface area contributed by atoms with Crippen molar-refractivity contribution in [2.45, 2.75) is 6.10 Å². The van der Waals surface area contributed by atoms with Crippen molar-refractivity contribution in [3.8, 4) is 11.5 Å². The Morgan fingerprint density at radius 1 is 1.16 bits per heavy atom. The third-order valence-corrected chi connectivity index (χ3v) is 3.52. The van der Waals surface area contributed by atoms with Crippen LogP contribution in [0.15, 0.2) is 53.6 Å². The molecular formula is C18H16N2O5. The van der Waals surface area contributed by atoms with Crippen LogP contribution < -0.4 is 14.9 Å². The van der Waals surface area contributed by atoms with Crippen LogP contribution in [0.4, 0.5) is 0 Å². The van der Waals surface area contributed by atoms with Gasteiger partial charge in [-0.25, -0.2) is 10.2 Å². The molecule has 0 bridgehead atoms. The molecule has 0 aliphatic carbocycles. The first-order chi connectivity index (χ1) is 12.2. The number of methoxy groups -OCH3 is 1. The van der Waals surface area contributed by atoms with E-state index in [-0.39, 0.29) is 6.61 Å². The predicted octanol–water partition coefficient (Wildman–Crippen LogP) is 1.76. The molecule has 7 nitrogen and oxygen atoms in total. The average molecular weight is 340 g/mol. The number of rotatable bonds is 4. The molecule has 0 spiro atoms. The highest BCUT2D eigenvalue weighted by atomic mass is 16.6. The smallest absolute Gasteiger partial charge is 0.337 e. The van der Waals surface area contributed by atoms with Gasteiger partial charge in [-0.05, 0) is 29.8 Å². The maximum absolute atomic E-state index is 12.1. The highest BCUT2D eigenvalue weighted by molar-refractivity contribution is 5.91. The van der Waals surface area contributed by atoms with Gasteiger partial charge in [0.1, 0.15) is 6.61 Å². The van der Waals surface area contributed by atoms with Gasteiger partial charge in [-0.15, -0.1) is 0 Å². The monoisotopic (exact) mass is 340 g/mol. The Morgan fingerprint density at radius 2 is 1.88 bits per heavy atom. The maximum Gasteiger partial charge on any atom is 0.337 e. The molecule has 0 fully saturated rings. The van der Waals surface area contributed by atoms with Crippen molar-refractivity contribution in [1.82, 2.24) is 5.43 Å². The maximum atomic E-state index is 12.1. The van der Waals surface area contributed by atoms with Gasteiger partial charge < -0.3 is 14.2 Å². The Labute approximate surface area is 144 Å². The number of hydrogen-bond acceptors (Lipinski definition) is 6. The second kappa shape index (κ2) is 7.48. The summed E-state index contributed by atoms with van der Waals surface area (Å²) in [5.74, 6) is 0.320. The van der Waals surface area contributed by atoms with Crippen LogP contribution in [0.2, 0.25) is 0 Å². The summed E-state index contributed by atoms with van der Waals surface area (Å²) < 4.78 is 15.7. The number of ether oxygens (including phenoxy) is 3. The summed E-state index contributed by atoms with van der Waals surface area (Å²) in [5, 5.41) is 3.89. The summed E-state index contributed by atoms with van der Waals surface area (Å²) in [6.07, 6.45) is 0.699. The number of fused-ring (bicyclic) bond motifs is 1. The van der Waals surface area contributed by atoms with Crippen LogP contribution in [0, 0.1) is 0 Å². The van der Waals surface area contributed by atoms with Gasteiger partial charge in [-0.2, -0.15) is 5.10 Å². The average Bonchev–Trinajstić information content (AvgIpc) is 2.67. The van der Waals surface area contributed by atoms with Crippen molar-refractivity contribution >= 4 is 18.1 Å². The van der Waals surface area contributed by atoms with Crippen LogP contribution in [-0.4, -0.2) is 37.9 Å². The van der Waals surface area contributed by atoms with E-state index in [0.717, 1.165) is 5.56 Å². The van der Waals surface area contributed by atoms with Gasteiger partial charge in [0.05, 0.1) is 18.9 Å². The van der Waals surface area contributed by atoms with Crippen LogP contribution in [0.5, 0.6) is 11.5 Å². The molecule has 0 saturated heterocycles. The van der Waals surface area contributed by atoms with Crippen LogP contribution >= 0.6 is 0 Å². The molecule has 1 heterocycles. The Bertz CT molecular complexity index is 801. The molecule has 1 aliphatic rings. The highest BCUT2D eigenvalue weighted by Gasteiger charge is 2.26. The van der Waals surface area contributed by atoms with Gasteiger partial charge in [0, 0.05) is 0 Å². The molecule has 2 aromatic carbocycles. The fraction of sp³-hybridized carbons (Fsp3) is 0.167. The molecule has 0 saturated carbocycles. The number of nitrogens with one attached hydrogen (secondary N) is 1. The lowest BCUT2D eigenvalue weighted by Crippen LogP contribution is -2.42. The number of para-hydroxylation sites is 2. The summed E-state index contributed by atoms with van der Waals surface area (Å²) in [4.78, 5) is 23.4. The number of nitrogens with zero attached hydrogens (tertiary/aromatic N) is 1. The predicted molar refractivity (Wildman–Crippen MR) is 89.9 cm³/mol. The van der Waals surface area contributed by atoms with E-state index in [1.54, 1.807) is 42.5 Å². The number of hydrazone groups is 1. The van der Waals surface area contributed by atoms with Gasteiger partial charge in [-0.1, -0.05) is 24.3 Å². The van der Waals surface area contributed by atoms with E-state index in [2.05, 4.69) is 15.3 Å². The quantitative estimate of drug-likeness (QED) is 0.521. The summed E-state index contributed by atoms with van der Waals surface area (Å²) in [6.45, 7) is 0.117. The van der Waals surface area contributed by atoms with Crippen molar-refractivity contribution in [3.63, 3.8) is 0 Å². The number of benzene rings is 2.